The van der Waals surface area contributed by atoms with Gasteiger partial charge in [0.25, 0.3) is 0 Å². The molecule has 3 aromatic heterocycles. The fourth-order valence-corrected chi connectivity index (χ4v) is 8.21. The van der Waals surface area contributed by atoms with E-state index in [1.165, 1.54) is 5.57 Å². The molecule has 292 valence electrons. The molecule has 2 N–H and O–H groups in total. The third-order valence-electron chi connectivity index (χ3n) is 11.5. The number of esters is 2. The maximum absolute atomic E-state index is 14.3. The number of ketones is 1. The summed E-state index contributed by atoms with van der Waals surface area (Å²) in [4.78, 5) is 56.3. The van der Waals surface area contributed by atoms with Crippen LogP contribution >= 0.6 is 0 Å². The Morgan fingerprint density at radius 3 is 2.36 bits per heavy atom. The van der Waals surface area contributed by atoms with E-state index in [-0.39, 0.29) is 60.6 Å². The SMILES string of the molecule is C=Cc1c2[n-]c(c1C)/C=C1\[N-]/C(=C3\c4[n-]c(c(C)c4C(=O)[C@@H]3C(=O)OCN)/C=c3\[n-]/c(c(C)c3CC)=C\2)[C@@H](CCC(=O)OC/C=C(/C)CCCC(C)C)[C@@H]1C.[Mg+2]. The molecule has 2 aliphatic heterocycles. The Bertz CT molecular complexity index is 2260. The van der Waals surface area contributed by atoms with Gasteiger partial charge in [-0.05, 0) is 82.8 Å². The molecular weight excluding hydrogens is 715 g/mol. The quantitative estimate of drug-likeness (QED) is 0.0722. The van der Waals surface area contributed by atoms with Gasteiger partial charge in [0.1, 0.15) is 19.3 Å². The number of carbonyl (C=O) groups excluding carboxylic acids is 3. The van der Waals surface area contributed by atoms with Crippen LogP contribution in [0.15, 0.2) is 29.6 Å². The average molecular weight is 768 g/mol. The van der Waals surface area contributed by atoms with Gasteiger partial charge >= 0.3 is 35.0 Å². The zero-order valence-electron chi connectivity index (χ0n) is 34.2. The van der Waals surface area contributed by atoms with Crippen LogP contribution in [0.2, 0.25) is 0 Å². The number of Topliss-reactive ketones (excluding diaryl/α,β-unsaturated/α-hetero) is 1. The van der Waals surface area contributed by atoms with Crippen molar-refractivity contribution in [2.75, 3.05) is 13.3 Å². The van der Waals surface area contributed by atoms with Gasteiger partial charge in [-0.15, -0.1) is 33.5 Å². The van der Waals surface area contributed by atoms with Gasteiger partial charge in [0.15, 0.2) is 5.78 Å². The molecule has 56 heavy (non-hydrogen) atoms. The van der Waals surface area contributed by atoms with Crippen molar-refractivity contribution in [3.63, 3.8) is 0 Å². The smallest absolute Gasteiger partial charge is 0.664 e. The van der Waals surface area contributed by atoms with Gasteiger partial charge in [0, 0.05) is 12.0 Å². The van der Waals surface area contributed by atoms with E-state index in [9.17, 15) is 14.4 Å². The number of carbonyl (C=O) groups is 3. The second-order valence-corrected chi connectivity index (χ2v) is 15.5. The zero-order chi connectivity index (χ0) is 39.7. The van der Waals surface area contributed by atoms with Crippen molar-refractivity contribution in [3.8, 4) is 0 Å². The second kappa shape index (κ2) is 17.9. The maximum atomic E-state index is 14.3. The molecule has 10 nitrogen and oxygen atoms in total. The first-order valence-electron chi connectivity index (χ1n) is 19.5. The van der Waals surface area contributed by atoms with E-state index >= 15 is 0 Å². The molecule has 8 bridgehead atoms. The van der Waals surface area contributed by atoms with Crippen LogP contribution in [0.25, 0.3) is 35.2 Å². The summed E-state index contributed by atoms with van der Waals surface area (Å²) in [6.45, 7) is 20.5. The predicted molar refractivity (Wildman–Crippen MR) is 222 cm³/mol. The van der Waals surface area contributed by atoms with Crippen molar-refractivity contribution in [1.82, 2.24) is 15.0 Å². The van der Waals surface area contributed by atoms with Gasteiger partial charge in [0.2, 0.25) is 0 Å². The van der Waals surface area contributed by atoms with E-state index < -0.39 is 17.7 Å². The molecule has 0 amide bonds. The normalized spacial score (nSPS) is 22.0. The number of hydrogen-bond donors (Lipinski definition) is 1. The van der Waals surface area contributed by atoms with Crippen molar-refractivity contribution in [3.05, 3.63) is 102 Å². The summed E-state index contributed by atoms with van der Waals surface area (Å²) in [6.07, 6.45) is 14.1. The Morgan fingerprint density at radius 1 is 0.964 bits per heavy atom. The van der Waals surface area contributed by atoms with Crippen LogP contribution in [0.1, 0.15) is 128 Å². The van der Waals surface area contributed by atoms with Gasteiger partial charge in [-0.2, -0.15) is 11.4 Å². The van der Waals surface area contributed by atoms with Crippen LogP contribution in [0.4, 0.5) is 0 Å². The van der Waals surface area contributed by atoms with Crippen molar-refractivity contribution < 1.29 is 23.9 Å². The number of ether oxygens (including phenoxy) is 2. The molecule has 3 aromatic rings. The Kier molecular flexibility index (Phi) is 13.7. The van der Waals surface area contributed by atoms with Crippen LogP contribution in [0.5, 0.6) is 0 Å². The summed E-state index contributed by atoms with van der Waals surface area (Å²) in [5.41, 5.74) is 16.0. The third-order valence-corrected chi connectivity index (χ3v) is 11.5. The summed E-state index contributed by atoms with van der Waals surface area (Å²) in [7, 11) is 0. The summed E-state index contributed by atoms with van der Waals surface area (Å²) in [6, 6.07) is 0. The molecule has 0 spiro atoms. The molecular formula is C45H53MgN5O5-2. The molecule has 1 aliphatic carbocycles. The molecule has 0 aromatic carbocycles. The zero-order valence-corrected chi connectivity index (χ0v) is 35.6. The molecule has 0 saturated carbocycles. The van der Waals surface area contributed by atoms with Gasteiger partial charge in [-0.3, -0.25) is 20.1 Å². The monoisotopic (exact) mass is 767 g/mol. The minimum atomic E-state index is -1.29. The van der Waals surface area contributed by atoms with Gasteiger partial charge in [-0.1, -0.05) is 98.4 Å². The summed E-state index contributed by atoms with van der Waals surface area (Å²) in [5, 5.41) is 6.76. The van der Waals surface area contributed by atoms with Gasteiger partial charge in [-0.25, -0.2) is 0 Å². The number of rotatable bonds is 13. The largest absolute Gasteiger partial charge is 2.00 e. The maximum Gasteiger partial charge on any atom is 2.00 e. The van der Waals surface area contributed by atoms with Crippen molar-refractivity contribution in [1.29, 1.82) is 0 Å². The first kappa shape index (κ1) is 42.8. The Hall–Kier alpha value is -4.32. The van der Waals surface area contributed by atoms with E-state index in [2.05, 4.69) is 48.1 Å². The third kappa shape index (κ3) is 8.22. The minimum absolute atomic E-state index is 0. The fourth-order valence-electron chi connectivity index (χ4n) is 8.21. The Morgan fingerprint density at radius 2 is 1.68 bits per heavy atom. The Labute approximate surface area is 346 Å². The van der Waals surface area contributed by atoms with Crippen LogP contribution < -0.4 is 31.4 Å². The summed E-state index contributed by atoms with van der Waals surface area (Å²) < 4.78 is 11.0. The Balaban J connectivity index is 0.00000600. The van der Waals surface area contributed by atoms with Crippen LogP contribution in [-0.2, 0) is 25.5 Å². The van der Waals surface area contributed by atoms with E-state index in [0.717, 1.165) is 75.7 Å². The van der Waals surface area contributed by atoms with E-state index in [4.69, 9.17) is 35.5 Å². The molecule has 0 unspecified atom stereocenters. The molecule has 1 fully saturated rings. The van der Waals surface area contributed by atoms with E-state index in [1.807, 2.05) is 44.2 Å². The van der Waals surface area contributed by atoms with Crippen LogP contribution in [-0.4, -0.2) is 54.1 Å². The van der Waals surface area contributed by atoms with E-state index in [1.54, 1.807) is 0 Å². The molecule has 0 radical (unpaired) electrons. The number of aromatic nitrogens is 3. The first-order chi connectivity index (χ1) is 26.3. The first-order valence-corrected chi connectivity index (χ1v) is 19.5. The molecule has 5 heterocycles. The minimum Gasteiger partial charge on any atom is -0.664 e. The molecule has 1 saturated heterocycles. The topological polar surface area (TPSA) is 152 Å². The predicted octanol–water partition coefficient (Wildman–Crippen LogP) is 6.04. The standard InChI is InChI=1S/C45H54N5O5.Mg/c1-10-29-25(6)32-19-34-27(8)31(15-16-38(51)54-18-17-24(5)14-12-13-23(3)4)42(49-34)40-41(45(53)55-22-46)44(52)39-28(9)35(50-43(39)40)21-37-30(11-2)26(7)33(48-37)20-36(29)47-32;/h10,17,19-21,23,27,31,41H,1,11-16,18,22,46H2,2-9H3,(H-,49,50,52);/q-3;+2/p-1/b24-17-,33-20-,34-19-,37-21-;/t27-,31-,41+;/m0./s1. The fraction of sp³-hybridized carbons (Fsp3) is 0.444. The number of allylic oxidation sites excluding steroid dienone is 3. The average Bonchev–Trinajstić information content (AvgIpc) is 3.88. The van der Waals surface area contributed by atoms with E-state index in [0.29, 0.717) is 46.1 Å². The molecule has 3 aliphatic rings. The summed E-state index contributed by atoms with van der Waals surface area (Å²) in [5.74, 6) is -2.67. The molecule has 11 heteroatoms. The van der Waals surface area contributed by atoms with Gasteiger partial charge in [0.05, 0.1) is 0 Å². The number of hydrogen-bond acceptors (Lipinski definition) is 6. The van der Waals surface area contributed by atoms with Crippen molar-refractivity contribution in [2.45, 2.75) is 93.9 Å². The number of fused-ring (bicyclic) bond motifs is 7. The summed E-state index contributed by atoms with van der Waals surface area (Å²) >= 11 is 0. The van der Waals surface area contributed by atoms with Crippen LogP contribution in [0.3, 0.4) is 0 Å². The number of nitrogens with zero attached hydrogens (tertiary/aromatic N) is 4. The van der Waals surface area contributed by atoms with Gasteiger partial charge < -0.3 is 29.7 Å². The van der Waals surface area contributed by atoms with Crippen molar-refractivity contribution in [2.24, 2.45) is 29.4 Å². The van der Waals surface area contributed by atoms with Crippen molar-refractivity contribution >= 4 is 70.7 Å². The van der Waals surface area contributed by atoms with Crippen LogP contribution in [0, 0.1) is 44.4 Å². The molecule has 3 atom stereocenters. The molecule has 6 rings (SSSR count). The number of nitrogens with two attached hydrogens (primary N) is 1. The second-order valence-electron chi connectivity index (χ2n) is 15.5.